The van der Waals surface area contributed by atoms with E-state index in [4.69, 9.17) is 45.2 Å². The monoisotopic (exact) mass is 751 g/mol. The Labute approximate surface area is 313 Å². The first kappa shape index (κ1) is 41.7. The highest BCUT2D eigenvalue weighted by molar-refractivity contribution is 7.35. The number of likely N-dealkylation sites (N-methyl/N-ethyl adjacent to an activating group) is 1. The average Bonchev–Trinajstić information content (AvgIpc) is 3.09. The molecule has 0 spiro atoms. The van der Waals surface area contributed by atoms with Gasteiger partial charge in [-0.05, 0) is 95.4 Å². The lowest BCUT2D eigenvalue weighted by atomic mass is 10.1. The van der Waals surface area contributed by atoms with Gasteiger partial charge < -0.3 is 30.2 Å². The van der Waals surface area contributed by atoms with Crippen LogP contribution in [0.2, 0.25) is 0 Å². The molecule has 2 aliphatic rings. The second-order valence-electron chi connectivity index (χ2n) is 13.9. The number of hydrogen-bond acceptors (Lipinski definition) is 11. The molecule has 2 aromatic rings. The number of aliphatic imine (C=N–C) groups is 1. The number of rotatable bonds is 17. The van der Waals surface area contributed by atoms with E-state index in [2.05, 4.69) is 15.1 Å². The number of nitriles is 1. The number of halogens is 1. The first-order chi connectivity index (χ1) is 25.3. The Morgan fingerprint density at radius 1 is 1.23 bits per heavy atom. The fraction of sp³-hybridized carbons (Fsp3) is 0.474. The molecule has 2 fully saturated rings. The molecule has 3 unspecified atom stereocenters. The van der Waals surface area contributed by atoms with Crippen molar-refractivity contribution >= 4 is 32.1 Å². The van der Waals surface area contributed by atoms with E-state index in [0.717, 1.165) is 43.4 Å². The van der Waals surface area contributed by atoms with Crippen LogP contribution < -0.4 is 11.1 Å². The molecule has 15 heteroatoms. The maximum atomic E-state index is 14.0. The molecular weight excluding hydrogens is 700 g/mol. The van der Waals surface area contributed by atoms with Crippen molar-refractivity contribution in [2.24, 2.45) is 10.7 Å². The van der Waals surface area contributed by atoms with Gasteiger partial charge in [-0.25, -0.2) is 18.9 Å². The van der Waals surface area contributed by atoms with E-state index in [0.29, 0.717) is 31.8 Å². The summed E-state index contributed by atoms with van der Waals surface area (Å²) in [5.74, 6) is 1.69. The van der Waals surface area contributed by atoms with Crippen molar-refractivity contribution in [2.45, 2.75) is 77.2 Å². The molecule has 4 N–H and O–H groups in total. The zero-order chi connectivity index (χ0) is 38.4. The fourth-order valence-electron chi connectivity index (χ4n) is 5.59. The molecule has 2 heterocycles. The zero-order valence-corrected chi connectivity index (χ0v) is 32.1. The van der Waals surface area contributed by atoms with Gasteiger partial charge >= 0.3 is 0 Å². The molecule has 0 saturated carbocycles. The molecule has 0 radical (unpaired) electrons. The molecule has 2 saturated heterocycles. The van der Waals surface area contributed by atoms with Crippen LogP contribution in [0.4, 0.5) is 10.1 Å². The summed E-state index contributed by atoms with van der Waals surface area (Å²) in [7, 11) is 1.93. The Hall–Kier alpha value is -4.06. The lowest BCUT2D eigenvalue weighted by Crippen LogP contribution is -2.52. The first-order valence-corrected chi connectivity index (χ1v) is 18.5. The Kier molecular flexibility index (Phi) is 15.6. The number of nitrogens with two attached hydrogens (primary N) is 1. The average molecular weight is 752 g/mol. The van der Waals surface area contributed by atoms with Gasteiger partial charge in [0.15, 0.2) is 0 Å². The SMILES string of the molecule is CN(C(CN1CCCC(OOP/C=C\C=C\C(=N)OCc2ccc(C#N)cc2F)C1)=Nc1ccc(C(=O)NC(C)(C)OC(C)(C)CN)cc1)C1CCO1. The number of nitrogens with one attached hydrogen (secondary N) is 2. The Balaban J connectivity index is 1.25. The van der Waals surface area contributed by atoms with Crippen molar-refractivity contribution in [3.05, 3.63) is 89.0 Å². The van der Waals surface area contributed by atoms with E-state index in [1.54, 1.807) is 43.9 Å². The van der Waals surface area contributed by atoms with Crippen LogP contribution in [0.15, 0.2) is 71.5 Å². The van der Waals surface area contributed by atoms with Crippen molar-refractivity contribution in [1.82, 2.24) is 15.1 Å². The van der Waals surface area contributed by atoms with Crippen LogP contribution >= 0.6 is 8.81 Å². The van der Waals surface area contributed by atoms with Crippen molar-refractivity contribution in [1.29, 1.82) is 10.7 Å². The number of ether oxygens (including phenoxy) is 3. The number of hydrogen-bond donors (Lipinski definition) is 3. The smallest absolute Gasteiger partial charge is 0.253 e. The van der Waals surface area contributed by atoms with Crippen molar-refractivity contribution < 1.29 is 33.0 Å². The number of nitrogens with zero attached hydrogens (tertiary/aromatic N) is 4. The van der Waals surface area contributed by atoms with E-state index in [1.807, 2.05) is 39.1 Å². The topological polar surface area (TPSA) is 168 Å². The summed E-state index contributed by atoms with van der Waals surface area (Å²) in [6, 6.07) is 13.2. The number of likely N-dealkylation sites (tertiary alicyclic amines) is 1. The zero-order valence-electron chi connectivity index (χ0n) is 31.1. The quantitative estimate of drug-likeness (QED) is 0.0259. The summed E-state index contributed by atoms with van der Waals surface area (Å²) in [5.41, 5.74) is 6.01. The highest BCUT2D eigenvalue weighted by atomic mass is 31.1. The normalized spacial score (nSPS) is 18.7. The van der Waals surface area contributed by atoms with Gasteiger partial charge in [0.1, 0.15) is 36.3 Å². The Morgan fingerprint density at radius 3 is 2.64 bits per heavy atom. The van der Waals surface area contributed by atoms with Gasteiger partial charge in [0, 0.05) is 37.7 Å². The highest BCUT2D eigenvalue weighted by Gasteiger charge is 2.31. The third-order valence-corrected chi connectivity index (χ3v) is 9.01. The Bertz CT molecular complexity index is 1670. The van der Waals surface area contributed by atoms with Gasteiger partial charge in [-0.15, -0.1) is 0 Å². The summed E-state index contributed by atoms with van der Waals surface area (Å²) in [6.45, 7) is 10.4. The van der Waals surface area contributed by atoms with Gasteiger partial charge in [-0.2, -0.15) is 5.26 Å². The van der Waals surface area contributed by atoms with E-state index in [9.17, 15) is 9.18 Å². The fourth-order valence-corrected chi connectivity index (χ4v) is 6.03. The Morgan fingerprint density at radius 2 is 1.98 bits per heavy atom. The van der Waals surface area contributed by atoms with Gasteiger partial charge in [-0.3, -0.25) is 15.1 Å². The number of benzene rings is 2. The van der Waals surface area contributed by atoms with Gasteiger partial charge in [0.25, 0.3) is 5.91 Å². The maximum Gasteiger partial charge on any atom is 0.253 e. The minimum absolute atomic E-state index is 0.0400. The minimum atomic E-state index is -0.910. The number of carbonyl (C=O) groups is 1. The molecule has 0 aliphatic carbocycles. The standard InChI is InChI=1S/C38H51FN7O6P/c1-37(2,26-41)51-38(3,4)44-36(47)28-13-15-30(16-14-28)43-34(45(5)35-17-19-48-35)24-46-18-8-9-31(23-46)50-52-53-20-7-6-10-33(42)49-25-29-12-11-27(22-40)21-32(29)39/h6-7,10-16,20-21,31,35,42,53H,8-9,17-19,23-26,41H2,1-5H3,(H,44,47)/b10-6+,20-7-,42-33?,43-34?. The van der Waals surface area contributed by atoms with Crippen LogP contribution in [0, 0.1) is 22.6 Å². The molecule has 0 bridgehead atoms. The third-order valence-electron chi connectivity index (χ3n) is 8.49. The van der Waals surface area contributed by atoms with Crippen LogP contribution in [0.1, 0.15) is 68.4 Å². The van der Waals surface area contributed by atoms with Crippen LogP contribution in [-0.2, 0) is 30.4 Å². The summed E-state index contributed by atoms with van der Waals surface area (Å²) in [6.07, 6.45) is 7.36. The maximum absolute atomic E-state index is 14.0. The van der Waals surface area contributed by atoms with Crippen molar-refractivity contribution in [3.8, 4) is 6.07 Å². The number of amidine groups is 1. The summed E-state index contributed by atoms with van der Waals surface area (Å²) < 4.78 is 36.6. The molecule has 0 aromatic heterocycles. The molecule has 13 nitrogen and oxygen atoms in total. The molecule has 53 heavy (non-hydrogen) atoms. The minimum Gasteiger partial charge on any atom is -0.473 e. The lowest BCUT2D eigenvalue weighted by Gasteiger charge is -2.39. The largest absolute Gasteiger partial charge is 0.473 e. The number of piperidine rings is 1. The van der Waals surface area contributed by atoms with E-state index in [-0.39, 0.29) is 50.7 Å². The summed E-state index contributed by atoms with van der Waals surface area (Å²) in [5, 5.41) is 19.7. The molecule has 3 atom stereocenters. The van der Waals surface area contributed by atoms with Gasteiger partial charge in [-0.1, -0.05) is 18.2 Å². The molecular formula is C38H51FN7O6P. The second-order valence-corrected chi connectivity index (χ2v) is 14.7. The molecule has 286 valence electrons. The number of allylic oxidation sites excluding steroid dienone is 2. The van der Waals surface area contributed by atoms with Crippen molar-refractivity contribution in [2.75, 3.05) is 39.8 Å². The third kappa shape index (κ3) is 13.7. The van der Waals surface area contributed by atoms with Crippen LogP contribution in [-0.4, -0.2) is 90.9 Å². The predicted molar refractivity (Wildman–Crippen MR) is 203 cm³/mol. The lowest BCUT2D eigenvalue weighted by molar-refractivity contribution is -0.244. The molecule has 2 aliphatic heterocycles. The van der Waals surface area contributed by atoms with Gasteiger partial charge in [0.2, 0.25) is 5.90 Å². The molecule has 1 amide bonds. The van der Waals surface area contributed by atoms with E-state index >= 15 is 0 Å². The van der Waals surface area contributed by atoms with Crippen LogP contribution in [0.5, 0.6) is 0 Å². The highest BCUT2D eigenvalue weighted by Crippen LogP contribution is 2.24. The predicted octanol–water partition coefficient (Wildman–Crippen LogP) is 5.90. The van der Waals surface area contributed by atoms with Crippen molar-refractivity contribution in [3.63, 3.8) is 0 Å². The second kappa shape index (κ2) is 19.9. The van der Waals surface area contributed by atoms with E-state index in [1.165, 1.54) is 18.2 Å². The van der Waals surface area contributed by atoms with Crippen LogP contribution in [0.3, 0.4) is 0 Å². The summed E-state index contributed by atoms with van der Waals surface area (Å²) in [4.78, 5) is 28.1. The molecule has 2 aromatic carbocycles. The van der Waals surface area contributed by atoms with E-state index < -0.39 is 17.1 Å². The first-order valence-electron chi connectivity index (χ1n) is 17.6. The number of carbonyl (C=O) groups excluding carboxylic acids is 1. The van der Waals surface area contributed by atoms with Crippen LogP contribution in [0.25, 0.3) is 0 Å². The molecule has 4 rings (SSSR count). The number of amides is 1. The summed E-state index contributed by atoms with van der Waals surface area (Å²) >= 11 is 0. The van der Waals surface area contributed by atoms with Gasteiger partial charge in [0.05, 0.1) is 44.9 Å².